The molecule has 1 aliphatic heterocycles. The van der Waals surface area contributed by atoms with E-state index in [1.807, 2.05) is 32.1 Å². The van der Waals surface area contributed by atoms with E-state index in [2.05, 4.69) is 20.9 Å². The lowest BCUT2D eigenvalue weighted by atomic mass is 10.1. The summed E-state index contributed by atoms with van der Waals surface area (Å²) >= 11 is 4.90. The van der Waals surface area contributed by atoms with Gasteiger partial charge < -0.3 is 9.47 Å². The number of benzene rings is 2. The molecule has 30 heavy (non-hydrogen) atoms. The smallest absolute Gasteiger partial charge is 0.266 e. The quantitative estimate of drug-likeness (QED) is 0.479. The van der Waals surface area contributed by atoms with E-state index in [0.717, 1.165) is 16.3 Å². The van der Waals surface area contributed by atoms with Gasteiger partial charge in [-0.15, -0.1) is 0 Å². The zero-order valence-corrected chi connectivity index (χ0v) is 19.3. The Hall–Kier alpha value is -2.32. The van der Waals surface area contributed by atoms with Crippen molar-refractivity contribution >= 4 is 44.8 Å². The first-order valence-electron chi connectivity index (χ1n) is 9.47. The summed E-state index contributed by atoms with van der Waals surface area (Å²) in [5.41, 5.74) is 1.64. The molecular weight excluding hydrogens is 471 g/mol. The van der Waals surface area contributed by atoms with E-state index in [1.165, 1.54) is 23.9 Å². The molecule has 0 atom stereocenters. The Kier molecular flexibility index (Phi) is 7.55. The van der Waals surface area contributed by atoms with Crippen LogP contribution in [0, 0.1) is 5.82 Å². The van der Waals surface area contributed by atoms with Crippen LogP contribution in [-0.2, 0) is 11.4 Å². The van der Waals surface area contributed by atoms with Crippen molar-refractivity contribution in [2.45, 2.75) is 20.5 Å². The second-order valence-electron chi connectivity index (χ2n) is 6.37. The molecule has 0 N–H and O–H groups in total. The standard InChI is InChI=1S/C22H22BrFN2O3S/c1-4-25-22-26(5-2)21(27)19(30-22)12-15-10-17(23)20(18(11-15)28-3)29-13-14-6-8-16(24)9-7-14/h6-12H,4-5,13H2,1-3H3/b19-12-,25-22?. The van der Waals surface area contributed by atoms with Crippen molar-refractivity contribution in [1.29, 1.82) is 0 Å². The highest BCUT2D eigenvalue weighted by molar-refractivity contribution is 9.10. The maximum atomic E-state index is 13.1. The number of nitrogens with zero attached hydrogens (tertiary/aromatic N) is 2. The summed E-state index contributed by atoms with van der Waals surface area (Å²) < 4.78 is 25.2. The molecule has 0 aromatic heterocycles. The number of halogens is 2. The highest BCUT2D eigenvalue weighted by atomic mass is 79.9. The maximum Gasteiger partial charge on any atom is 0.266 e. The number of aliphatic imine (C=N–C) groups is 1. The van der Waals surface area contributed by atoms with Crippen molar-refractivity contribution in [2.75, 3.05) is 20.2 Å². The van der Waals surface area contributed by atoms with Gasteiger partial charge in [-0.05, 0) is 83.0 Å². The number of likely N-dealkylation sites (N-methyl/N-ethyl adjacent to an activating group) is 1. The molecule has 0 unspecified atom stereocenters. The lowest BCUT2D eigenvalue weighted by Gasteiger charge is -2.14. The van der Waals surface area contributed by atoms with E-state index in [4.69, 9.17) is 9.47 Å². The van der Waals surface area contributed by atoms with Gasteiger partial charge in [-0.3, -0.25) is 14.7 Å². The zero-order chi connectivity index (χ0) is 21.7. The molecule has 8 heteroatoms. The van der Waals surface area contributed by atoms with E-state index in [1.54, 1.807) is 24.1 Å². The summed E-state index contributed by atoms with van der Waals surface area (Å²) in [6, 6.07) is 9.82. The van der Waals surface area contributed by atoms with E-state index in [9.17, 15) is 9.18 Å². The SMILES string of the molecule is CCN=C1S/C(=C\c2cc(Br)c(OCc3ccc(F)cc3)c(OC)c2)C(=O)N1CC. The molecule has 0 saturated carbocycles. The second kappa shape index (κ2) is 10.1. The second-order valence-corrected chi connectivity index (χ2v) is 8.23. The van der Waals surface area contributed by atoms with Crippen molar-refractivity contribution in [3.8, 4) is 11.5 Å². The molecular formula is C22H22BrFN2O3S. The van der Waals surface area contributed by atoms with Gasteiger partial charge in [-0.1, -0.05) is 12.1 Å². The van der Waals surface area contributed by atoms with E-state index in [-0.39, 0.29) is 18.3 Å². The Bertz CT molecular complexity index is 993. The zero-order valence-electron chi connectivity index (χ0n) is 16.9. The third-order valence-corrected chi connectivity index (χ3v) is 5.98. The normalized spacial score (nSPS) is 16.6. The molecule has 158 valence electrons. The van der Waals surface area contributed by atoms with Gasteiger partial charge in [0, 0.05) is 13.1 Å². The Morgan fingerprint density at radius 1 is 1.23 bits per heavy atom. The largest absolute Gasteiger partial charge is 0.493 e. The summed E-state index contributed by atoms with van der Waals surface area (Å²) in [6.45, 7) is 5.34. The molecule has 1 aliphatic rings. The van der Waals surface area contributed by atoms with Gasteiger partial charge in [0.2, 0.25) is 0 Å². The minimum absolute atomic E-state index is 0.0542. The van der Waals surface area contributed by atoms with E-state index in [0.29, 0.717) is 34.0 Å². The number of hydrogen-bond acceptors (Lipinski definition) is 5. The van der Waals surface area contributed by atoms with Gasteiger partial charge in [0.1, 0.15) is 12.4 Å². The minimum Gasteiger partial charge on any atom is -0.493 e. The number of thioether (sulfide) groups is 1. The molecule has 2 aromatic rings. The van der Waals surface area contributed by atoms with Crippen molar-refractivity contribution < 1.29 is 18.7 Å². The number of methoxy groups -OCH3 is 1. The van der Waals surface area contributed by atoms with Crippen molar-refractivity contribution in [1.82, 2.24) is 4.90 Å². The van der Waals surface area contributed by atoms with Gasteiger partial charge in [0.15, 0.2) is 16.7 Å². The molecule has 0 aliphatic carbocycles. The fourth-order valence-electron chi connectivity index (χ4n) is 2.89. The third-order valence-electron chi connectivity index (χ3n) is 4.34. The Morgan fingerprint density at radius 3 is 2.60 bits per heavy atom. The van der Waals surface area contributed by atoms with Crippen LogP contribution in [-0.4, -0.2) is 36.2 Å². The van der Waals surface area contributed by atoms with Crippen LogP contribution in [0.1, 0.15) is 25.0 Å². The molecule has 1 saturated heterocycles. The summed E-state index contributed by atoms with van der Waals surface area (Å²) in [7, 11) is 1.56. The van der Waals surface area contributed by atoms with Crippen LogP contribution in [0.15, 0.2) is 50.8 Å². The van der Waals surface area contributed by atoms with Crippen LogP contribution >= 0.6 is 27.7 Å². The van der Waals surface area contributed by atoms with Crippen LogP contribution < -0.4 is 9.47 Å². The number of rotatable bonds is 7. The number of amidine groups is 1. The van der Waals surface area contributed by atoms with Crippen LogP contribution in [0.3, 0.4) is 0 Å². The summed E-state index contributed by atoms with van der Waals surface area (Å²) in [6.07, 6.45) is 1.82. The number of hydrogen-bond donors (Lipinski definition) is 0. The van der Waals surface area contributed by atoms with Crippen LogP contribution in [0.2, 0.25) is 0 Å². The summed E-state index contributed by atoms with van der Waals surface area (Å²) in [5.74, 6) is 0.728. The Balaban J connectivity index is 1.84. The molecule has 1 fully saturated rings. The Morgan fingerprint density at radius 2 is 1.97 bits per heavy atom. The summed E-state index contributed by atoms with van der Waals surface area (Å²) in [4.78, 5) is 19.4. The first-order chi connectivity index (χ1) is 14.5. The fraction of sp³-hybridized carbons (Fsp3) is 0.273. The predicted octanol–water partition coefficient (Wildman–Crippen LogP) is 5.49. The molecule has 2 aromatic carbocycles. The highest BCUT2D eigenvalue weighted by Gasteiger charge is 2.31. The van der Waals surface area contributed by atoms with Gasteiger partial charge in [-0.2, -0.15) is 0 Å². The fourth-order valence-corrected chi connectivity index (χ4v) is 4.57. The molecule has 0 radical (unpaired) electrons. The molecule has 1 amide bonds. The van der Waals surface area contributed by atoms with E-state index >= 15 is 0 Å². The first-order valence-corrected chi connectivity index (χ1v) is 11.1. The number of carbonyl (C=O) groups excluding carboxylic acids is 1. The van der Waals surface area contributed by atoms with Crippen molar-refractivity contribution in [3.05, 3.63) is 62.7 Å². The highest BCUT2D eigenvalue weighted by Crippen LogP contribution is 2.39. The molecule has 1 heterocycles. The topological polar surface area (TPSA) is 51.1 Å². The maximum absolute atomic E-state index is 13.1. The Labute approximate surface area is 188 Å². The lowest BCUT2D eigenvalue weighted by Crippen LogP contribution is -2.28. The average molecular weight is 493 g/mol. The molecule has 0 spiro atoms. The van der Waals surface area contributed by atoms with Gasteiger partial charge >= 0.3 is 0 Å². The first kappa shape index (κ1) is 22.4. The average Bonchev–Trinajstić information content (AvgIpc) is 3.02. The lowest BCUT2D eigenvalue weighted by molar-refractivity contribution is -0.122. The monoisotopic (exact) mass is 492 g/mol. The number of carbonyl (C=O) groups is 1. The predicted molar refractivity (Wildman–Crippen MR) is 122 cm³/mol. The van der Waals surface area contributed by atoms with Gasteiger partial charge in [0.25, 0.3) is 5.91 Å². The van der Waals surface area contributed by atoms with Crippen LogP contribution in [0.5, 0.6) is 11.5 Å². The number of amides is 1. The molecule has 0 bridgehead atoms. The van der Waals surface area contributed by atoms with Crippen LogP contribution in [0.25, 0.3) is 6.08 Å². The van der Waals surface area contributed by atoms with E-state index < -0.39 is 0 Å². The van der Waals surface area contributed by atoms with Gasteiger partial charge in [0.05, 0.1) is 16.5 Å². The minimum atomic E-state index is -0.289. The summed E-state index contributed by atoms with van der Waals surface area (Å²) in [5, 5.41) is 0.724. The van der Waals surface area contributed by atoms with Crippen molar-refractivity contribution in [3.63, 3.8) is 0 Å². The van der Waals surface area contributed by atoms with Gasteiger partial charge in [-0.25, -0.2) is 4.39 Å². The van der Waals surface area contributed by atoms with Crippen LogP contribution in [0.4, 0.5) is 4.39 Å². The molecule has 5 nitrogen and oxygen atoms in total. The number of ether oxygens (including phenoxy) is 2. The van der Waals surface area contributed by atoms with Crippen molar-refractivity contribution in [2.24, 2.45) is 4.99 Å². The third kappa shape index (κ3) is 5.05. The molecule has 3 rings (SSSR count).